The monoisotopic (exact) mass is 705 g/mol. The second kappa shape index (κ2) is 15.3. The van der Waals surface area contributed by atoms with Gasteiger partial charge in [0.1, 0.15) is 11.9 Å². The van der Waals surface area contributed by atoms with E-state index < -0.39 is 40.7 Å². The molecule has 13 heteroatoms. The third kappa shape index (κ3) is 7.87. The van der Waals surface area contributed by atoms with Crippen molar-refractivity contribution in [1.82, 2.24) is 9.62 Å². The number of carbonyl (C=O) groups excluding carboxylic acids is 2. The van der Waals surface area contributed by atoms with Crippen molar-refractivity contribution >= 4 is 39.4 Å². The molecular formula is C37H43N3O9S. The molecule has 3 aromatic rings. The molecule has 3 N–H and O–H groups in total. The number of hydrogen-bond acceptors (Lipinski definition) is 9. The van der Waals surface area contributed by atoms with Gasteiger partial charge in [-0.3, -0.25) is 4.79 Å². The predicted octanol–water partition coefficient (Wildman–Crippen LogP) is 4.29. The Morgan fingerprint density at radius 3 is 2.60 bits per heavy atom. The number of para-hydroxylation sites is 1. The number of aliphatic hydroxyl groups excluding tert-OH is 1. The summed E-state index contributed by atoms with van der Waals surface area (Å²) >= 11 is 0. The van der Waals surface area contributed by atoms with E-state index in [4.69, 9.17) is 18.9 Å². The number of sulfonamides is 1. The number of ether oxygens (including phenoxy) is 4. The molecule has 0 aromatic heterocycles. The fourth-order valence-electron chi connectivity index (χ4n) is 6.60. The highest BCUT2D eigenvalue weighted by atomic mass is 32.2. The normalized spacial score (nSPS) is 21.9. The van der Waals surface area contributed by atoms with E-state index in [1.165, 1.54) is 23.5 Å². The molecule has 0 saturated carbocycles. The van der Waals surface area contributed by atoms with Gasteiger partial charge in [-0.2, -0.15) is 4.31 Å². The van der Waals surface area contributed by atoms with Crippen molar-refractivity contribution < 1.29 is 42.1 Å². The standard InChI is InChI=1S/C37H43N3O9S/c1-23(2)20-40(50(44,45)26-13-14-30-28(19-26)29(35(42)38-30)18-25-11-7-8-12-33(25)46-3)21-32(41)31(17-24-9-5-4-6-10-24)39-37(43)49-34-22-48-36-27(34)15-16-47-36/h4-14,18-19,23,27,31-32,34,36,41H,15-17,20-22H2,1-3H3,(H,38,42)(H,39,43). The zero-order chi connectivity index (χ0) is 35.4. The maximum atomic E-state index is 14.3. The maximum absolute atomic E-state index is 14.3. The molecule has 0 aliphatic carbocycles. The van der Waals surface area contributed by atoms with Gasteiger partial charge in [-0.05, 0) is 54.7 Å². The number of aliphatic hydroxyl groups is 1. The van der Waals surface area contributed by atoms with Gasteiger partial charge < -0.3 is 34.7 Å². The average molecular weight is 706 g/mol. The van der Waals surface area contributed by atoms with Crippen molar-refractivity contribution in [3.05, 3.63) is 89.5 Å². The summed E-state index contributed by atoms with van der Waals surface area (Å²) in [6.45, 7) is 4.31. The lowest BCUT2D eigenvalue weighted by Crippen LogP contribution is -2.51. The molecule has 2 saturated heterocycles. The van der Waals surface area contributed by atoms with Gasteiger partial charge in [0.15, 0.2) is 6.29 Å². The number of nitrogens with zero attached hydrogens (tertiary/aromatic N) is 1. The average Bonchev–Trinajstić information content (AvgIpc) is 3.80. The highest BCUT2D eigenvalue weighted by molar-refractivity contribution is 7.89. The summed E-state index contributed by atoms with van der Waals surface area (Å²) in [6, 6.07) is 20.1. The number of carbonyl (C=O) groups is 2. The molecule has 266 valence electrons. The van der Waals surface area contributed by atoms with Crippen LogP contribution < -0.4 is 15.4 Å². The van der Waals surface area contributed by atoms with Crippen LogP contribution in [-0.4, -0.2) is 87.8 Å². The number of fused-ring (bicyclic) bond motifs is 2. The zero-order valence-electron chi connectivity index (χ0n) is 28.3. The topological polar surface area (TPSA) is 153 Å². The van der Waals surface area contributed by atoms with Crippen molar-refractivity contribution in [1.29, 1.82) is 0 Å². The third-order valence-electron chi connectivity index (χ3n) is 9.12. The van der Waals surface area contributed by atoms with Gasteiger partial charge in [-0.1, -0.05) is 62.4 Å². The van der Waals surface area contributed by atoms with Crippen LogP contribution >= 0.6 is 0 Å². The first kappa shape index (κ1) is 35.6. The molecule has 0 spiro atoms. The second-order valence-corrected chi connectivity index (χ2v) is 15.1. The molecule has 3 aromatic carbocycles. The van der Waals surface area contributed by atoms with Crippen LogP contribution in [0.15, 0.2) is 77.7 Å². The van der Waals surface area contributed by atoms with Crippen LogP contribution in [0.25, 0.3) is 11.6 Å². The molecule has 3 heterocycles. The lowest BCUT2D eigenvalue weighted by atomic mass is 10.0. The van der Waals surface area contributed by atoms with E-state index in [9.17, 15) is 23.1 Å². The lowest BCUT2D eigenvalue weighted by molar-refractivity contribution is -0.110. The molecule has 3 aliphatic rings. The number of alkyl carbamates (subject to hydrolysis) is 1. The first-order chi connectivity index (χ1) is 24.0. The first-order valence-electron chi connectivity index (χ1n) is 16.8. The number of nitrogens with one attached hydrogen (secondary N) is 2. The van der Waals surface area contributed by atoms with Crippen molar-refractivity contribution in [3.63, 3.8) is 0 Å². The Morgan fingerprint density at radius 1 is 1.08 bits per heavy atom. The number of hydrogen-bond donors (Lipinski definition) is 3. The minimum atomic E-state index is -4.19. The fourth-order valence-corrected chi connectivity index (χ4v) is 8.25. The van der Waals surface area contributed by atoms with E-state index >= 15 is 0 Å². The summed E-state index contributed by atoms with van der Waals surface area (Å²) in [5.41, 5.74) is 2.72. The molecule has 0 bridgehead atoms. The molecule has 12 nitrogen and oxygen atoms in total. The minimum absolute atomic E-state index is 0.0342. The van der Waals surface area contributed by atoms with E-state index in [-0.39, 0.29) is 48.8 Å². The molecule has 3 aliphatic heterocycles. The molecule has 6 rings (SSSR count). The van der Waals surface area contributed by atoms with E-state index in [0.29, 0.717) is 41.2 Å². The molecule has 0 radical (unpaired) electrons. The number of anilines is 1. The number of rotatable bonds is 13. The summed E-state index contributed by atoms with van der Waals surface area (Å²) in [7, 11) is -2.66. The Balaban J connectivity index is 1.25. The number of benzene rings is 3. The summed E-state index contributed by atoms with van der Waals surface area (Å²) in [4.78, 5) is 26.2. The number of methoxy groups -OCH3 is 1. The summed E-state index contributed by atoms with van der Waals surface area (Å²) in [6.07, 6.45) is -0.306. The Hall–Kier alpha value is -4.27. The molecular weight excluding hydrogens is 662 g/mol. The van der Waals surface area contributed by atoms with Gasteiger partial charge in [0, 0.05) is 35.5 Å². The quantitative estimate of drug-likeness (QED) is 0.221. The van der Waals surface area contributed by atoms with Gasteiger partial charge in [-0.25, -0.2) is 13.2 Å². The van der Waals surface area contributed by atoms with Crippen molar-refractivity contribution in [2.24, 2.45) is 11.8 Å². The van der Waals surface area contributed by atoms with Crippen molar-refractivity contribution in [2.75, 3.05) is 38.7 Å². The molecule has 50 heavy (non-hydrogen) atoms. The van der Waals surface area contributed by atoms with Gasteiger partial charge in [-0.15, -0.1) is 0 Å². The van der Waals surface area contributed by atoms with Crippen molar-refractivity contribution in [2.45, 2.75) is 56.1 Å². The smallest absolute Gasteiger partial charge is 0.407 e. The van der Waals surface area contributed by atoms with Crippen LogP contribution in [-0.2, 0) is 35.4 Å². The SMILES string of the molecule is COc1ccccc1C=C1C(=O)Nc2ccc(S(=O)(=O)N(CC(C)C)CC(O)C(Cc3ccccc3)NC(=O)OC3COC4OCCC34)cc21. The second-order valence-electron chi connectivity index (χ2n) is 13.2. The van der Waals surface area contributed by atoms with E-state index in [0.717, 1.165) is 5.56 Å². The van der Waals surface area contributed by atoms with Gasteiger partial charge in [0.25, 0.3) is 5.91 Å². The Bertz CT molecular complexity index is 1830. The van der Waals surface area contributed by atoms with Crippen LogP contribution in [0, 0.1) is 11.8 Å². The molecule has 5 unspecified atom stereocenters. The van der Waals surface area contributed by atoms with Crippen LogP contribution in [0.5, 0.6) is 5.75 Å². The number of amides is 2. The minimum Gasteiger partial charge on any atom is -0.496 e. The first-order valence-corrected chi connectivity index (χ1v) is 18.2. The highest BCUT2D eigenvalue weighted by Gasteiger charge is 2.44. The summed E-state index contributed by atoms with van der Waals surface area (Å²) in [5.74, 6) is 0.0488. The highest BCUT2D eigenvalue weighted by Crippen LogP contribution is 2.37. The predicted molar refractivity (Wildman–Crippen MR) is 187 cm³/mol. The molecule has 5 atom stereocenters. The van der Waals surface area contributed by atoms with E-state index in [1.54, 1.807) is 24.3 Å². The Kier molecular flexibility index (Phi) is 10.9. The Morgan fingerprint density at radius 2 is 1.84 bits per heavy atom. The van der Waals surface area contributed by atoms with Crippen LogP contribution in [0.4, 0.5) is 10.5 Å². The largest absolute Gasteiger partial charge is 0.496 e. The van der Waals surface area contributed by atoms with Crippen LogP contribution in [0.1, 0.15) is 37.0 Å². The lowest BCUT2D eigenvalue weighted by Gasteiger charge is -2.31. The van der Waals surface area contributed by atoms with Gasteiger partial charge in [0.05, 0.1) is 43.3 Å². The molecule has 2 fully saturated rings. The van der Waals surface area contributed by atoms with E-state index in [1.807, 2.05) is 56.3 Å². The maximum Gasteiger partial charge on any atom is 0.407 e. The van der Waals surface area contributed by atoms with Crippen LogP contribution in [0.3, 0.4) is 0 Å². The van der Waals surface area contributed by atoms with Gasteiger partial charge in [0.2, 0.25) is 10.0 Å². The van der Waals surface area contributed by atoms with Crippen LogP contribution in [0.2, 0.25) is 0 Å². The van der Waals surface area contributed by atoms with E-state index in [2.05, 4.69) is 10.6 Å². The summed E-state index contributed by atoms with van der Waals surface area (Å²) < 4.78 is 52.2. The zero-order valence-corrected chi connectivity index (χ0v) is 29.1. The van der Waals surface area contributed by atoms with Gasteiger partial charge >= 0.3 is 6.09 Å². The third-order valence-corrected chi connectivity index (χ3v) is 10.9. The van der Waals surface area contributed by atoms with Crippen molar-refractivity contribution in [3.8, 4) is 5.75 Å². The Labute approximate surface area is 292 Å². The molecule has 2 amide bonds. The summed E-state index contributed by atoms with van der Waals surface area (Å²) in [5, 5.41) is 17.3. The fraction of sp³-hybridized carbons (Fsp3) is 0.405.